The van der Waals surface area contributed by atoms with Crippen LogP contribution in [-0.4, -0.2) is 25.7 Å². The van der Waals surface area contributed by atoms with Crippen molar-refractivity contribution in [2.45, 2.75) is 13.8 Å². The average molecular weight is 375 g/mol. The first-order chi connectivity index (χ1) is 13.6. The number of hydrogen-bond donors (Lipinski definition) is 1. The number of aromatic nitrogens is 4. The Bertz CT molecular complexity index is 1100. The largest absolute Gasteiger partial charge is 0.472 e. The lowest BCUT2D eigenvalue weighted by molar-refractivity contribution is 0.102. The summed E-state index contributed by atoms with van der Waals surface area (Å²) in [5.74, 6) is 1.36. The van der Waals surface area contributed by atoms with E-state index in [2.05, 4.69) is 20.4 Å². The lowest BCUT2D eigenvalue weighted by atomic mass is 10.2. The number of carbonyl (C=O) groups excluding carboxylic acids is 1. The van der Waals surface area contributed by atoms with Gasteiger partial charge in [-0.05, 0) is 50.2 Å². The zero-order chi connectivity index (χ0) is 19.5. The van der Waals surface area contributed by atoms with Crippen molar-refractivity contribution in [1.29, 1.82) is 0 Å². The molecule has 0 saturated heterocycles. The number of ether oxygens (including phenoxy) is 1. The van der Waals surface area contributed by atoms with Crippen molar-refractivity contribution in [3.63, 3.8) is 0 Å². The van der Waals surface area contributed by atoms with Gasteiger partial charge in [0.1, 0.15) is 18.3 Å². The molecule has 3 aromatic heterocycles. The van der Waals surface area contributed by atoms with Gasteiger partial charge in [0.2, 0.25) is 5.88 Å². The Morgan fingerprint density at radius 2 is 1.93 bits per heavy atom. The summed E-state index contributed by atoms with van der Waals surface area (Å²) in [5, 5.41) is 7.20. The SMILES string of the molecule is Cc1cc(C)n(-c2cc(Oc3ccc(NC(=O)c4ccoc4)cc3)ncn2)n1. The molecule has 0 atom stereocenters. The van der Waals surface area contributed by atoms with E-state index in [0.717, 1.165) is 11.4 Å². The molecule has 8 heteroatoms. The highest BCUT2D eigenvalue weighted by Gasteiger charge is 2.09. The summed E-state index contributed by atoms with van der Waals surface area (Å²) in [5.41, 5.74) is 2.98. The van der Waals surface area contributed by atoms with E-state index in [-0.39, 0.29) is 5.91 Å². The molecule has 0 aliphatic heterocycles. The highest BCUT2D eigenvalue weighted by molar-refractivity contribution is 6.03. The summed E-state index contributed by atoms with van der Waals surface area (Å²) < 4.78 is 12.4. The summed E-state index contributed by atoms with van der Waals surface area (Å²) >= 11 is 0. The van der Waals surface area contributed by atoms with Crippen LogP contribution in [0.3, 0.4) is 0 Å². The Morgan fingerprint density at radius 3 is 2.61 bits per heavy atom. The second kappa shape index (κ2) is 7.36. The number of anilines is 1. The van der Waals surface area contributed by atoms with Crippen LogP contribution in [0.2, 0.25) is 0 Å². The first-order valence-electron chi connectivity index (χ1n) is 8.55. The first-order valence-corrected chi connectivity index (χ1v) is 8.55. The fraction of sp³-hybridized carbons (Fsp3) is 0.100. The molecule has 1 amide bonds. The zero-order valence-corrected chi connectivity index (χ0v) is 15.3. The van der Waals surface area contributed by atoms with Crippen molar-refractivity contribution >= 4 is 11.6 Å². The quantitative estimate of drug-likeness (QED) is 0.568. The molecule has 28 heavy (non-hydrogen) atoms. The van der Waals surface area contributed by atoms with Crippen LogP contribution in [0.5, 0.6) is 11.6 Å². The van der Waals surface area contributed by atoms with Crippen molar-refractivity contribution < 1.29 is 13.9 Å². The summed E-state index contributed by atoms with van der Waals surface area (Å²) in [4.78, 5) is 20.4. The highest BCUT2D eigenvalue weighted by atomic mass is 16.5. The predicted octanol–water partition coefficient (Wildman–Crippen LogP) is 3.92. The molecule has 0 spiro atoms. The molecule has 0 aliphatic carbocycles. The number of hydrogen-bond acceptors (Lipinski definition) is 6. The molecule has 1 N–H and O–H groups in total. The number of nitrogens with zero attached hydrogens (tertiary/aromatic N) is 4. The Kier molecular flexibility index (Phi) is 4.59. The molecule has 0 unspecified atom stereocenters. The third-order valence-corrected chi connectivity index (χ3v) is 3.97. The lowest BCUT2D eigenvalue weighted by Gasteiger charge is -2.08. The monoisotopic (exact) mass is 375 g/mol. The van der Waals surface area contributed by atoms with E-state index in [4.69, 9.17) is 9.15 Å². The van der Waals surface area contributed by atoms with Crippen molar-refractivity contribution in [1.82, 2.24) is 19.7 Å². The van der Waals surface area contributed by atoms with E-state index in [0.29, 0.717) is 28.7 Å². The van der Waals surface area contributed by atoms with Crippen LogP contribution in [0.25, 0.3) is 5.82 Å². The molecule has 0 radical (unpaired) electrons. The normalized spacial score (nSPS) is 10.6. The van der Waals surface area contributed by atoms with E-state index in [1.807, 2.05) is 19.9 Å². The van der Waals surface area contributed by atoms with E-state index in [1.54, 1.807) is 41.1 Å². The van der Waals surface area contributed by atoms with Crippen molar-refractivity contribution in [2.75, 3.05) is 5.32 Å². The van der Waals surface area contributed by atoms with Crippen LogP contribution >= 0.6 is 0 Å². The Morgan fingerprint density at radius 1 is 1.11 bits per heavy atom. The van der Waals surface area contributed by atoms with Crippen molar-refractivity contribution in [3.05, 3.63) is 78.3 Å². The van der Waals surface area contributed by atoms with Gasteiger partial charge in [-0.3, -0.25) is 4.79 Å². The third kappa shape index (κ3) is 3.75. The van der Waals surface area contributed by atoms with Crippen LogP contribution in [-0.2, 0) is 0 Å². The minimum absolute atomic E-state index is 0.243. The maximum absolute atomic E-state index is 12.0. The molecule has 140 valence electrons. The minimum atomic E-state index is -0.243. The smallest absolute Gasteiger partial charge is 0.258 e. The van der Waals surface area contributed by atoms with E-state index >= 15 is 0 Å². The van der Waals surface area contributed by atoms with Crippen LogP contribution < -0.4 is 10.1 Å². The second-order valence-electron chi connectivity index (χ2n) is 6.15. The Balaban J connectivity index is 1.47. The van der Waals surface area contributed by atoms with Gasteiger partial charge in [0, 0.05) is 17.4 Å². The molecular weight excluding hydrogens is 358 g/mol. The molecular formula is C20H17N5O3. The summed E-state index contributed by atoms with van der Waals surface area (Å²) in [6, 6.07) is 12.3. The Labute approximate surface area is 160 Å². The number of carbonyl (C=O) groups is 1. The standard InChI is InChI=1S/C20H17N5O3/c1-13-9-14(2)25(24-13)18-10-19(22-12-21-18)28-17-5-3-16(4-6-17)23-20(26)15-7-8-27-11-15/h3-12H,1-2H3,(H,23,26). The molecule has 8 nitrogen and oxygen atoms in total. The molecule has 1 aromatic carbocycles. The number of rotatable bonds is 5. The molecule has 4 aromatic rings. The minimum Gasteiger partial charge on any atom is -0.472 e. The zero-order valence-electron chi connectivity index (χ0n) is 15.3. The number of nitrogens with one attached hydrogen (secondary N) is 1. The number of amides is 1. The van der Waals surface area contributed by atoms with Gasteiger partial charge in [-0.2, -0.15) is 5.10 Å². The van der Waals surface area contributed by atoms with E-state index in [9.17, 15) is 4.79 Å². The fourth-order valence-corrected chi connectivity index (χ4v) is 2.69. The average Bonchev–Trinajstić information content (AvgIpc) is 3.33. The summed E-state index contributed by atoms with van der Waals surface area (Å²) in [7, 11) is 0. The lowest BCUT2D eigenvalue weighted by Crippen LogP contribution is -2.10. The van der Waals surface area contributed by atoms with Crippen molar-refractivity contribution in [3.8, 4) is 17.4 Å². The Hall–Kier alpha value is -3.94. The van der Waals surface area contributed by atoms with Crippen LogP contribution in [0.4, 0.5) is 5.69 Å². The predicted molar refractivity (Wildman–Crippen MR) is 102 cm³/mol. The van der Waals surface area contributed by atoms with Gasteiger partial charge >= 0.3 is 0 Å². The van der Waals surface area contributed by atoms with E-state index < -0.39 is 0 Å². The highest BCUT2D eigenvalue weighted by Crippen LogP contribution is 2.23. The molecule has 3 heterocycles. The molecule has 0 bridgehead atoms. The van der Waals surface area contributed by atoms with E-state index in [1.165, 1.54) is 18.9 Å². The van der Waals surface area contributed by atoms with Gasteiger partial charge in [-0.1, -0.05) is 0 Å². The summed E-state index contributed by atoms with van der Waals surface area (Å²) in [6.45, 7) is 3.88. The topological polar surface area (TPSA) is 95.1 Å². The molecule has 0 fully saturated rings. The first kappa shape index (κ1) is 17.5. The van der Waals surface area contributed by atoms with Gasteiger partial charge < -0.3 is 14.5 Å². The third-order valence-electron chi connectivity index (χ3n) is 3.97. The van der Waals surface area contributed by atoms with Gasteiger partial charge in [-0.15, -0.1) is 0 Å². The molecule has 4 rings (SSSR count). The van der Waals surface area contributed by atoms with Gasteiger partial charge in [0.05, 0.1) is 17.5 Å². The van der Waals surface area contributed by atoms with Crippen LogP contribution in [0, 0.1) is 13.8 Å². The maximum atomic E-state index is 12.0. The van der Waals surface area contributed by atoms with Gasteiger partial charge in [-0.25, -0.2) is 14.6 Å². The number of furan rings is 1. The van der Waals surface area contributed by atoms with Crippen LogP contribution in [0.15, 0.2) is 65.7 Å². The fourth-order valence-electron chi connectivity index (χ4n) is 2.69. The van der Waals surface area contributed by atoms with Gasteiger partial charge in [0.25, 0.3) is 5.91 Å². The molecule has 0 aliphatic rings. The van der Waals surface area contributed by atoms with Crippen LogP contribution in [0.1, 0.15) is 21.7 Å². The van der Waals surface area contributed by atoms with Gasteiger partial charge in [0.15, 0.2) is 5.82 Å². The maximum Gasteiger partial charge on any atom is 0.258 e. The molecule has 0 saturated carbocycles. The van der Waals surface area contributed by atoms with Crippen molar-refractivity contribution in [2.24, 2.45) is 0 Å². The number of benzene rings is 1. The number of aryl methyl sites for hydroxylation is 2. The second-order valence-corrected chi connectivity index (χ2v) is 6.15. The summed E-state index contributed by atoms with van der Waals surface area (Å²) in [6.07, 6.45) is 4.27.